The quantitative estimate of drug-likeness (QED) is 0.413. The van der Waals surface area contributed by atoms with Crippen molar-refractivity contribution in [2.45, 2.75) is 39.0 Å². The Morgan fingerprint density at radius 1 is 1.17 bits per heavy atom. The molecule has 0 bridgehead atoms. The molecule has 0 aromatic rings. The maximum Gasteiger partial charge on any atom is 0.334 e. The second-order valence-corrected chi connectivity index (χ2v) is 7.36. The van der Waals surface area contributed by atoms with Crippen molar-refractivity contribution in [1.82, 2.24) is 0 Å². The average molecular weight is 284 g/mol. The first kappa shape index (κ1) is 20.3. The molecule has 0 saturated carbocycles. The smallest absolute Gasteiger partial charge is 0.334 e. The molecule has 1 unspecified atom stereocenters. The van der Waals surface area contributed by atoms with Gasteiger partial charge in [0, 0.05) is 19.8 Å². The van der Waals surface area contributed by atoms with E-state index < -0.39 is 14.7 Å². The summed E-state index contributed by atoms with van der Waals surface area (Å²) in [5.74, 6) is 0. The Kier molecular flexibility index (Phi) is 13.6. The van der Waals surface area contributed by atoms with E-state index in [1.54, 1.807) is 0 Å². The van der Waals surface area contributed by atoms with E-state index in [2.05, 4.69) is 6.55 Å². The molecule has 1 atom stereocenters. The fourth-order valence-electron chi connectivity index (χ4n) is 1.56. The van der Waals surface area contributed by atoms with E-state index in [0.717, 1.165) is 12.5 Å². The van der Waals surface area contributed by atoms with Gasteiger partial charge in [0.05, 0.1) is 13.2 Å². The lowest BCUT2D eigenvalue weighted by Crippen LogP contribution is -2.38. The van der Waals surface area contributed by atoms with Crippen molar-refractivity contribution >= 4 is 8.56 Å². The van der Waals surface area contributed by atoms with Gasteiger partial charge in [-0.1, -0.05) is 0 Å². The number of ether oxygens (including phenoxy) is 1. The summed E-state index contributed by atoms with van der Waals surface area (Å²) in [5, 5.41) is 17.7. The Morgan fingerprint density at radius 2 is 1.72 bits per heavy atom. The number of rotatable bonds is 11. The van der Waals surface area contributed by atoms with E-state index in [-0.39, 0.29) is 18.7 Å². The summed E-state index contributed by atoms with van der Waals surface area (Å²) in [5.41, 5.74) is 0. The van der Waals surface area contributed by atoms with Crippen LogP contribution >= 0.6 is 0 Å². The molecule has 0 radical (unpaired) electrons. The van der Waals surface area contributed by atoms with Gasteiger partial charge >= 0.3 is 8.56 Å². The second kappa shape index (κ2) is 12.0. The maximum atomic E-state index is 9.07. The highest BCUT2D eigenvalue weighted by Crippen LogP contribution is 2.15. The van der Waals surface area contributed by atoms with Crippen LogP contribution in [-0.4, -0.2) is 63.4 Å². The SMILES string of the molecule is CCO[Si](C)(CCCOCC(O)CO)OCC.O. The Labute approximate surface area is 110 Å². The fraction of sp³-hybridized carbons (Fsp3) is 1.00. The highest BCUT2D eigenvalue weighted by molar-refractivity contribution is 6.66. The van der Waals surface area contributed by atoms with Crippen LogP contribution in [0.15, 0.2) is 0 Å². The summed E-state index contributed by atoms with van der Waals surface area (Å²) in [6, 6.07) is 0.879. The molecule has 0 aromatic carbocycles. The first-order valence-electron chi connectivity index (χ1n) is 6.22. The van der Waals surface area contributed by atoms with Crippen molar-refractivity contribution in [2.24, 2.45) is 0 Å². The van der Waals surface area contributed by atoms with Crippen LogP contribution in [-0.2, 0) is 13.6 Å². The van der Waals surface area contributed by atoms with Crippen molar-refractivity contribution in [3.63, 3.8) is 0 Å². The van der Waals surface area contributed by atoms with Crippen LogP contribution in [0.2, 0.25) is 12.6 Å². The number of hydrogen-bond acceptors (Lipinski definition) is 5. The molecular formula is C11H28O6Si. The molecule has 0 fully saturated rings. The molecule has 0 aliphatic rings. The molecule has 0 rings (SSSR count). The molecule has 0 amide bonds. The van der Waals surface area contributed by atoms with E-state index in [1.165, 1.54) is 0 Å². The van der Waals surface area contributed by atoms with Crippen molar-refractivity contribution in [3.8, 4) is 0 Å². The summed E-state index contributed by atoms with van der Waals surface area (Å²) in [4.78, 5) is 0. The summed E-state index contributed by atoms with van der Waals surface area (Å²) in [6.07, 6.45) is 0.0679. The molecule has 7 heteroatoms. The zero-order valence-electron chi connectivity index (χ0n) is 11.6. The lowest BCUT2D eigenvalue weighted by Gasteiger charge is -2.25. The molecule has 6 nitrogen and oxygen atoms in total. The highest BCUT2D eigenvalue weighted by atomic mass is 28.4. The molecule has 0 aromatic heterocycles. The van der Waals surface area contributed by atoms with Crippen molar-refractivity contribution in [2.75, 3.05) is 33.0 Å². The van der Waals surface area contributed by atoms with Crippen molar-refractivity contribution in [3.05, 3.63) is 0 Å². The second-order valence-electron chi connectivity index (χ2n) is 4.01. The highest BCUT2D eigenvalue weighted by Gasteiger charge is 2.29. The fourth-order valence-corrected chi connectivity index (χ4v) is 3.94. The Hall–Kier alpha value is -0.0231. The first-order valence-corrected chi connectivity index (χ1v) is 8.75. The summed E-state index contributed by atoms with van der Waals surface area (Å²) < 4.78 is 16.6. The van der Waals surface area contributed by atoms with Crippen molar-refractivity contribution < 1.29 is 29.3 Å². The van der Waals surface area contributed by atoms with Gasteiger partial charge < -0.3 is 29.3 Å². The summed E-state index contributed by atoms with van der Waals surface area (Å²) >= 11 is 0. The molecule has 112 valence electrons. The van der Waals surface area contributed by atoms with Gasteiger partial charge in [-0.15, -0.1) is 0 Å². The van der Waals surface area contributed by atoms with Gasteiger partial charge in [0.1, 0.15) is 6.10 Å². The van der Waals surface area contributed by atoms with Crippen LogP contribution in [0.4, 0.5) is 0 Å². The van der Waals surface area contributed by atoms with Crippen LogP contribution in [0.25, 0.3) is 0 Å². The molecule has 0 spiro atoms. The molecule has 18 heavy (non-hydrogen) atoms. The van der Waals surface area contributed by atoms with Crippen LogP contribution in [0.3, 0.4) is 0 Å². The number of aliphatic hydroxyl groups is 2. The number of hydrogen-bond donors (Lipinski definition) is 2. The lowest BCUT2D eigenvalue weighted by atomic mass is 10.4. The molecule has 0 aliphatic carbocycles. The first-order chi connectivity index (χ1) is 8.08. The van der Waals surface area contributed by atoms with Gasteiger partial charge in [-0.2, -0.15) is 0 Å². The lowest BCUT2D eigenvalue weighted by molar-refractivity contribution is 0.00601. The van der Waals surface area contributed by atoms with E-state index >= 15 is 0 Å². The monoisotopic (exact) mass is 284 g/mol. The Bertz CT molecular complexity index is 175. The minimum absolute atomic E-state index is 0. The number of aliphatic hydroxyl groups excluding tert-OH is 2. The molecule has 0 saturated heterocycles. The third-order valence-corrected chi connectivity index (χ3v) is 5.40. The average Bonchev–Trinajstić information content (AvgIpc) is 2.29. The Balaban J connectivity index is 0. The Morgan fingerprint density at radius 3 is 2.17 bits per heavy atom. The van der Waals surface area contributed by atoms with Gasteiger partial charge in [-0.3, -0.25) is 0 Å². The zero-order chi connectivity index (χ0) is 13.1. The predicted octanol–water partition coefficient (Wildman–Crippen LogP) is 0.0666. The standard InChI is InChI=1S/C11H26O5Si.H2O/c1-4-15-17(3,16-5-2)8-6-7-14-10-11(13)9-12;/h11-13H,4-10H2,1-3H3;1H2. The van der Waals surface area contributed by atoms with Crippen molar-refractivity contribution in [1.29, 1.82) is 0 Å². The maximum absolute atomic E-state index is 9.07. The van der Waals surface area contributed by atoms with Gasteiger partial charge in [0.2, 0.25) is 0 Å². The van der Waals surface area contributed by atoms with Crippen LogP contribution < -0.4 is 0 Å². The summed E-state index contributed by atoms with van der Waals surface area (Å²) in [7, 11) is -2.03. The minimum atomic E-state index is -2.03. The minimum Gasteiger partial charge on any atom is -0.412 e. The molecular weight excluding hydrogens is 256 g/mol. The van der Waals surface area contributed by atoms with Gasteiger partial charge in [0.15, 0.2) is 0 Å². The van der Waals surface area contributed by atoms with Gasteiger partial charge in [0.25, 0.3) is 0 Å². The van der Waals surface area contributed by atoms with E-state index in [1.807, 2.05) is 13.8 Å². The normalized spacial score (nSPS) is 13.2. The summed E-state index contributed by atoms with van der Waals surface area (Å²) in [6.45, 7) is 7.82. The molecule has 0 heterocycles. The predicted molar refractivity (Wildman–Crippen MR) is 71.8 cm³/mol. The van der Waals surface area contributed by atoms with E-state index in [9.17, 15) is 0 Å². The van der Waals surface area contributed by atoms with E-state index in [4.69, 9.17) is 23.8 Å². The topological polar surface area (TPSA) is 99.7 Å². The van der Waals surface area contributed by atoms with Gasteiger partial charge in [-0.05, 0) is 32.9 Å². The van der Waals surface area contributed by atoms with Crippen LogP contribution in [0.5, 0.6) is 0 Å². The third-order valence-electron chi connectivity index (χ3n) is 2.34. The van der Waals surface area contributed by atoms with E-state index in [0.29, 0.717) is 19.8 Å². The largest absolute Gasteiger partial charge is 0.412 e. The third kappa shape index (κ3) is 9.95. The molecule has 4 N–H and O–H groups in total. The van der Waals surface area contributed by atoms with Crippen LogP contribution in [0, 0.1) is 0 Å². The van der Waals surface area contributed by atoms with Gasteiger partial charge in [-0.25, -0.2) is 0 Å². The molecule has 0 aliphatic heterocycles. The zero-order valence-corrected chi connectivity index (χ0v) is 12.6. The van der Waals surface area contributed by atoms with Crippen LogP contribution in [0.1, 0.15) is 20.3 Å².